The number of rotatable bonds is 1. The van der Waals surface area contributed by atoms with Gasteiger partial charge in [-0.15, -0.1) is 0 Å². The highest BCUT2D eigenvalue weighted by molar-refractivity contribution is 5.40. The minimum Gasteiger partial charge on any atom is -0.381 e. The molecule has 2 rings (SSSR count). The molecule has 0 bridgehead atoms. The Morgan fingerprint density at radius 3 is 2.73 bits per heavy atom. The zero-order valence-corrected chi connectivity index (χ0v) is 9.46. The molecule has 1 atom stereocenters. The predicted octanol–water partition coefficient (Wildman–Crippen LogP) is 3.23. The Morgan fingerprint density at radius 2 is 2.07 bits per heavy atom. The highest BCUT2D eigenvalue weighted by Gasteiger charge is 2.29. The maximum Gasteiger partial charge on any atom is 0.108 e. The van der Waals surface area contributed by atoms with Gasteiger partial charge in [-0.3, -0.25) is 0 Å². The maximum absolute atomic E-state index is 10.6. The predicted molar refractivity (Wildman–Crippen MR) is 62.8 cm³/mol. The molecule has 1 aliphatic rings. The summed E-state index contributed by atoms with van der Waals surface area (Å²) >= 11 is 0. The van der Waals surface area contributed by atoms with Crippen LogP contribution in [0.4, 0.5) is 0 Å². The van der Waals surface area contributed by atoms with Crippen molar-refractivity contribution in [3.05, 3.63) is 47.0 Å². The van der Waals surface area contributed by atoms with Gasteiger partial charge in [0.25, 0.3) is 0 Å². The SMILES string of the molecule is Cc1cccc(C2(O)C=CCCC2)c1C. The Kier molecular flexibility index (Phi) is 2.66. The Morgan fingerprint density at radius 1 is 1.27 bits per heavy atom. The fourth-order valence-corrected chi connectivity index (χ4v) is 2.30. The fourth-order valence-electron chi connectivity index (χ4n) is 2.30. The van der Waals surface area contributed by atoms with Crippen LogP contribution in [0, 0.1) is 13.8 Å². The summed E-state index contributed by atoms with van der Waals surface area (Å²) < 4.78 is 0. The Bertz CT molecular complexity index is 392. The molecule has 0 aromatic heterocycles. The standard InChI is InChI=1S/C14H18O/c1-11-7-6-8-13(12(11)2)14(15)9-4-3-5-10-14/h4,6-9,15H,3,5,10H2,1-2H3. The lowest BCUT2D eigenvalue weighted by Gasteiger charge is -2.30. The lowest BCUT2D eigenvalue weighted by Crippen LogP contribution is -2.26. The lowest BCUT2D eigenvalue weighted by molar-refractivity contribution is 0.0719. The van der Waals surface area contributed by atoms with E-state index in [0.29, 0.717) is 0 Å². The molecule has 0 radical (unpaired) electrons. The van der Waals surface area contributed by atoms with Gasteiger partial charge in [0.05, 0.1) is 0 Å². The minimum atomic E-state index is -0.728. The summed E-state index contributed by atoms with van der Waals surface area (Å²) in [7, 11) is 0. The van der Waals surface area contributed by atoms with Gasteiger partial charge in [0.2, 0.25) is 0 Å². The number of aryl methyl sites for hydroxylation is 1. The van der Waals surface area contributed by atoms with E-state index in [2.05, 4.69) is 26.0 Å². The molecule has 0 saturated heterocycles. The molecule has 0 aliphatic heterocycles. The first-order valence-electron chi connectivity index (χ1n) is 5.60. The topological polar surface area (TPSA) is 20.2 Å². The minimum absolute atomic E-state index is 0.728. The van der Waals surface area contributed by atoms with Crippen LogP contribution in [0.25, 0.3) is 0 Å². The molecule has 0 amide bonds. The van der Waals surface area contributed by atoms with Crippen LogP contribution in [0.2, 0.25) is 0 Å². The molecule has 15 heavy (non-hydrogen) atoms. The Balaban J connectivity index is 2.48. The summed E-state index contributed by atoms with van der Waals surface area (Å²) in [5.74, 6) is 0. The zero-order chi connectivity index (χ0) is 10.9. The van der Waals surface area contributed by atoms with E-state index in [-0.39, 0.29) is 0 Å². The normalized spacial score (nSPS) is 25.5. The molecule has 0 fully saturated rings. The van der Waals surface area contributed by atoms with Gasteiger partial charge in [-0.25, -0.2) is 0 Å². The summed E-state index contributed by atoms with van der Waals surface area (Å²) in [6.45, 7) is 4.18. The molecule has 1 heteroatoms. The number of hydrogen-bond donors (Lipinski definition) is 1. The Hall–Kier alpha value is -1.08. The van der Waals surface area contributed by atoms with E-state index in [1.54, 1.807) is 0 Å². The first-order chi connectivity index (χ1) is 7.13. The third-order valence-corrected chi connectivity index (χ3v) is 3.39. The molecule has 0 heterocycles. The monoisotopic (exact) mass is 202 g/mol. The van der Waals surface area contributed by atoms with Crippen LogP contribution in [0.15, 0.2) is 30.4 Å². The van der Waals surface area contributed by atoms with Crippen LogP contribution >= 0.6 is 0 Å². The summed E-state index contributed by atoms with van der Waals surface area (Å²) in [5.41, 5.74) is 2.80. The summed E-state index contributed by atoms with van der Waals surface area (Å²) in [4.78, 5) is 0. The first kappa shape index (κ1) is 10.4. The molecule has 1 aromatic carbocycles. The van der Waals surface area contributed by atoms with Crippen molar-refractivity contribution in [2.24, 2.45) is 0 Å². The second-order valence-corrected chi connectivity index (χ2v) is 4.47. The van der Waals surface area contributed by atoms with E-state index in [0.717, 1.165) is 24.8 Å². The molecular formula is C14H18O. The number of benzene rings is 1. The summed E-state index contributed by atoms with van der Waals surface area (Å²) in [6, 6.07) is 6.16. The van der Waals surface area contributed by atoms with E-state index >= 15 is 0 Å². The van der Waals surface area contributed by atoms with E-state index in [1.807, 2.05) is 18.2 Å². The molecule has 0 saturated carbocycles. The van der Waals surface area contributed by atoms with Crippen molar-refractivity contribution >= 4 is 0 Å². The quantitative estimate of drug-likeness (QED) is 0.693. The largest absolute Gasteiger partial charge is 0.381 e. The summed E-state index contributed by atoms with van der Waals surface area (Å²) in [6.07, 6.45) is 7.05. The molecule has 80 valence electrons. The molecule has 1 aromatic rings. The second kappa shape index (κ2) is 3.82. The molecular weight excluding hydrogens is 184 g/mol. The maximum atomic E-state index is 10.6. The van der Waals surface area contributed by atoms with Crippen LogP contribution in [0.3, 0.4) is 0 Å². The van der Waals surface area contributed by atoms with E-state index in [4.69, 9.17) is 0 Å². The van der Waals surface area contributed by atoms with Crippen molar-refractivity contribution in [3.8, 4) is 0 Å². The van der Waals surface area contributed by atoms with Crippen molar-refractivity contribution in [1.29, 1.82) is 0 Å². The van der Waals surface area contributed by atoms with Gasteiger partial charge in [0.15, 0.2) is 0 Å². The third kappa shape index (κ3) is 1.84. The molecule has 0 spiro atoms. The second-order valence-electron chi connectivity index (χ2n) is 4.47. The number of allylic oxidation sites excluding steroid dienone is 1. The van der Waals surface area contributed by atoms with E-state index < -0.39 is 5.60 Å². The van der Waals surface area contributed by atoms with Gasteiger partial charge in [-0.1, -0.05) is 30.4 Å². The molecule has 1 aliphatic carbocycles. The lowest BCUT2D eigenvalue weighted by atomic mass is 9.81. The van der Waals surface area contributed by atoms with Crippen LogP contribution in [0.5, 0.6) is 0 Å². The van der Waals surface area contributed by atoms with Gasteiger partial charge in [-0.2, -0.15) is 0 Å². The van der Waals surface area contributed by atoms with Crippen LogP contribution in [-0.4, -0.2) is 5.11 Å². The fraction of sp³-hybridized carbons (Fsp3) is 0.429. The average Bonchev–Trinajstić information content (AvgIpc) is 2.23. The van der Waals surface area contributed by atoms with Gasteiger partial charge in [0.1, 0.15) is 5.60 Å². The molecule has 1 unspecified atom stereocenters. The average molecular weight is 202 g/mol. The van der Waals surface area contributed by atoms with Crippen molar-refractivity contribution in [2.75, 3.05) is 0 Å². The highest BCUT2D eigenvalue weighted by atomic mass is 16.3. The van der Waals surface area contributed by atoms with Crippen LogP contribution in [-0.2, 0) is 5.60 Å². The third-order valence-electron chi connectivity index (χ3n) is 3.39. The van der Waals surface area contributed by atoms with Crippen molar-refractivity contribution in [2.45, 2.75) is 38.7 Å². The summed E-state index contributed by atoms with van der Waals surface area (Å²) in [5, 5.41) is 10.6. The van der Waals surface area contributed by atoms with Crippen molar-refractivity contribution in [1.82, 2.24) is 0 Å². The van der Waals surface area contributed by atoms with Gasteiger partial charge >= 0.3 is 0 Å². The van der Waals surface area contributed by atoms with Crippen LogP contribution in [0.1, 0.15) is 36.0 Å². The zero-order valence-electron chi connectivity index (χ0n) is 9.46. The van der Waals surface area contributed by atoms with Crippen molar-refractivity contribution < 1.29 is 5.11 Å². The van der Waals surface area contributed by atoms with Gasteiger partial charge in [-0.05, 0) is 49.8 Å². The van der Waals surface area contributed by atoms with Crippen LogP contribution < -0.4 is 0 Å². The van der Waals surface area contributed by atoms with Gasteiger partial charge in [0, 0.05) is 0 Å². The number of aliphatic hydroxyl groups is 1. The molecule has 1 nitrogen and oxygen atoms in total. The van der Waals surface area contributed by atoms with Gasteiger partial charge < -0.3 is 5.11 Å². The first-order valence-corrected chi connectivity index (χ1v) is 5.60. The van der Waals surface area contributed by atoms with Crippen molar-refractivity contribution in [3.63, 3.8) is 0 Å². The number of hydrogen-bond acceptors (Lipinski definition) is 1. The van der Waals surface area contributed by atoms with E-state index in [1.165, 1.54) is 11.1 Å². The Labute approximate surface area is 91.4 Å². The van der Waals surface area contributed by atoms with E-state index in [9.17, 15) is 5.11 Å². The highest BCUT2D eigenvalue weighted by Crippen LogP contribution is 2.34. The smallest absolute Gasteiger partial charge is 0.108 e. The molecule has 1 N–H and O–H groups in total.